The number of anilines is 1. The number of hydrogen-bond acceptors (Lipinski definition) is 3. The molecule has 0 radical (unpaired) electrons. The lowest BCUT2D eigenvalue weighted by Gasteiger charge is -2.07. The predicted octanol–water partition coefficient (Wildman–Crippen LogP) is 2.54. The van der Waals surface area contributed by atoms with Crippen molar-refractivity contribution in [3.8, 4) is 0 Å². The van der Waals surface area contributed by atoms with E-state index in [0.717, 1.165) is 22.3 Å². The predicted molar refractivity (Wildman–Crippen MR) is 76.5 cm³/mol. The van der Waals surface area contributed by atoms with Crippen molar-refractivity contribution in [2.75, 3.05) is 11.9 Å². The number of hydrogen-bond donors (Lipinski definition) is 2. The second-order valence-corrected chi connectivity index (χ2v) is 5.11. The van der Waals surface area contributed by atoms with Gasteiger partial charge in [0.1, 0.15) is 0 Å². The van der Waals surface area contributed by atoms with Crippen LogP contribution in [0.5, 0.6) is 0 Å². The van der Waals surface area contributed by atoms with Gasteiger partial charge in [-0.25, -0.2) is 4.79 Å². The first-order valence-corrected chi connectivity index (χ1v) is 6.60. The second kappa shape index (κ2) is 5.88. The SMILES string of the molecule is Cn1ccc(CCNc2cc(Br)cc(C(=O)O)c2)n1. The maximum Gasteiger partial charge on any atom is 0.335 e. The molecule has 0 bridgehead atoms. The highest BCUT2D eigenvalue weighted by atomic mass is 79.9. The van der Waals surface area contributed by atoms with Crippen LogP contribution in [0.1, 0.15) is 16.1 Å². The van der Waals surface area contributed by atoms with Gasteiger partial charge >= 0.3 is 5.97 Å². The minimum Gasteiger partial charge on any atom is -0.478 e. The molecule has 2 aromatic rings. The van der Waals surface area contributed by atoms with Gasteiger partial charge in [-0.1, -0.05) is 15.9 Å². The average Bonchev–Trinajstić information content (AvgIpc) is 2.74. The van der Waals surface area contributed by atoms with E-state index in [4.69, 9.17) is 5.11 Å². The summed E-state index contributed by atoms with van der Waals surface area (Å²) >= 11 is 3.30. The minimum absolute atomic E-state index is 0.259. The van der Waals surface area contributed by atoms with Crippen LogP contribution >= 0.6 is 15.9 Å². The second-order valence-electron chi connectivity index (χ2n) is 4.19. The standard InChI is InChI=1S/C13H14BrN3O2/c1-17-5-3-11(16-17)2-4-15-12-7-9(13(18)19)6-10(14)8-12/h3,5-8,15H,2,4H2,1H3,(H,18,19). The minimum atomic E-state index is -0.936. The van der Waals surface area contributed by atoms with E-state index in [9.17, 15) is 4.79 Å². The summed E-state index contributed by atoms with van der Waals surface area (Å²) in [5.74, 6) is -0.936. The monoisotopic (exact) mass is 323 g/mol. The molecule has 0 aliphatic rings. The molecule has 2 N–H and O–H groups in total. The van der Waals surface area contributed by atoms with Crippen molar-refractivity contribution >= 4 is 27.6 Å². The molecule has 0 atom stereocenters. The quantitative estimate of drug-likeness (QED) is 0.887. The van der Waals surface area contributed by atoms with Crippen LogP contribution in [0.2, 0.25) is 0 Å². The summed E-state index contributed by atoms with van der Waals surface area (Å²) in [6, 6.07) is 7.01. The van der Waals surface area contributed by atoms with E-state index in [1.54, 1.807) is 16.8 Å². The first-order chi connectivity index (χ1) is 9.04. The number of carboxylic acid groups (broad SMARTS) is 1. The molecular weight excluding hydrogens is 310 g/mol. The van der Waals surface area contributed by atoms with Crippen molar-refractivity contribution in [2.24, 2.45) is 7.05 Å². The summed E-state index contributed by atoms with van der Waals surface area (Å²) in [5.41, 5.74) is 2.04. The maximum atomic E-state index is 10.9. The molecule has 1 heterocycles. The van der Waals surface area contributed by atoms with E-state index in [1.807, 2.05) is 25.4 Å². The Kier molecular flexibility index (Phi) is 4.21. The number of benzene rings is 1. The van der Waals surface area contributed by atoms with Crippen LogP contribution in [0.25, 0.3) is 0 Å². The molecule has 100 valence electrons. The Morgan fingerprint density at radius 1 is 1.47 bits per heavy atom. The van der Waals surface area contributed by atoms with E-state index in [2.05, 4.69) is 26.3 Å². The van der Waals surface area contributed by atoms with Crippen molar-refractivity contribution in [3.05, 3.63) is 46.2 Å². The zero-order valence-electron chi connectivity index (χ0n) is 10.4. The third kappa shape index (κ3) is 3.82. The van der Waals surface area contributed by atoms with E-state index >= 15 is 0 Å². The number of nitrogens with zero attached hydrogens (tertiary/aromatic N) is 2. The van der Waals surface area contributed by atoms with Gasteiger partial charge in [-0.15, -0.1) is 0 Å². The number of aromatic carboxylic acids is 1. The molecule has 0 aliphatic carbocycles. The van der Waals surface area contributed by atoms with E-state index in [1.165, 1.54) is 0 Å². The third-order valence-electron chi connectivity index (χ3n) is 2.62. The molecule has 0 aliphatic heterocycles. The van der Waals surface area contributed by atoms with Crippen LogP contribution in [0, 0.1) is 0 Å². The highest BCUT2D eigenvalue weighted by Gasteiger charge is 2.06. The Labute approximate surface area is 119 Å². The summed E-state index contributed by atoms with van der Waals surface area (Å²) in [6.07, 6.45) is 2.69. The summed E-state index contributed by atoms with van der Waals surface area (Å²) < 4.78 is 2.50. The largest absolute Gasteiger partial charge is 0.478 e. The molecule has 1 aromatic heterocycles. The van der Waals surface area contributed by atoms with Gasteiger partial charge in [-0.2, -0.15) is 5.10 Å². The van der Waals surface area contributed by atoms with Gasteiger partial charge in [0.15, 0.2) is 0 Å². The van der Waals surface area contributed by atoms with Gasteiger partial charge in [0.25, 0.3) is 0 Å². The fourth-order valence-corrected chi connectivity index (χ4v) is 2.24. The molecule has 2 rings (SSSR count). The lowest BCUT2D eigenvalue weighted by atomic mass is 10.2. The van der Waals surface area contributed by atoms with E-state index in [-0.39, 0.29) is 5.56 Å². The molecular formula is C13H14BrN3O2. The Balaban J connectivity index is 1.97. The van der Waals surface area contributed by atoms with Crippen molar-refractivity contribution in [2.45, 2.75) is 6.42 Å². The molecule has 1 aromatic carbocycles. The third-order valence-corrected chi connectivity index (χ3v) is 3.08. The average molecular weight is 324 g/mol. The van der Waals surface area contributed by atoms with Crippen LogP contribution in [0.4, 0.5) is 5.69 Å². The van der Waals surface area contributed by atoms with Gasteiger partial charge < -0.3 is 10.4 Å². The number of rotatable bonds is 5. The van der Waals surface area contributed by atoms with Crippen molar-refractivity contribution in [3.63, 3.8) is 0 Å². The van der Waals surface area contributed by atoms with Gasteiger partial charge in [0, 0.05) is 36.4 Å². The molecule has 0 saturated carbocycles. The fraction of sp³-hybridized carbons (Fsp3) is 0.231. The highest BCUT2D eigenvalue weighted by molar-refractivity contribution is 9.10. The molecule has 0 saturated heterocycles. The Morgan fingerprint density at radius 2 is 2.26 bits per heavy atom. The Bertz CT molecular complexity index is 595. The zero-order valence-corrected chi connectivity index (χ0v) is 12.0. The smallest absolute Gasteiger partial charge is 0.335 e. The summed E-state index contributed by atoms with van der Waals surface area (Å²) in [7, 11) is 1.88. The molecule has 0 unspecified atom stereocenters. The van der Waals surface area contributed by atoms with Crippen LogP contribution < -0.4 is 5.32 Å². The van der Waals surface area contributed by atoms with Gasteiger partial charge in [-0.3, -0.25) is 4.68 Å². The number of halogens is 1. The first kappa shape index (κ1) is 13.6. The zero-order chi connectivity index (χ0) is 13.8. The molecule has 0 fully saturated rings. The van der Waals surface area contributed by atoms with Crippen molar-refractivity contribution < 1.29 is 9.90 Å². The molecule has 19 heavy (non-hydrogen) atoms. The lowest BCUT2D eigenvalue weighted by Crippen LogP contribution is -2.07. The summed E-state index contributed by atoms with van der Waals surface area (Å²) in [6.45, 7) is 0.701. The molecule has 5 nitrogen and oxygen atoms in total. The number of aryl methyl sites for hydroxylation is 1. The molecule has 0 amide bonds. The van der Waals surface area contributed by atoms with Gasteiger partial charge in [0.05, 0.1) is 11.3 Å². The van der Waals surface area contributed by atoms with Crippen LogP contribution in [0.3, 0.4) is 0 Å². The van der Waals surface area contributed by atoms with Gasteiger partial charge in [-0.05, 0) is 24.3 Å². The highest BCUT2D eigenvalue weighted by Crippen LogP contribution is 2.19. The number of carboxylic acids is 1. The molecule has 0 spiro atoms. The van der Waals surface area contributed by atoms with E-state index < -0.39 is 5.97 Å². The fourth-order valence-electron chi connectivity index (χ4n) is 1.75. The molecule has 6 heteroatoms. The maximum absolute atomic E-state index is 10.9. The Hall–Kier alpha value is -1.82. The summed E-state index contributed by atoms with van der Waals surface area (Å²) in [4.78, 5) is 10.9. The Morgan fingerprint density at radius 3 is 2.89 bits per heavy atom. The lowest BCUT2D eigenvalue weighted by molar-refractivity contribution is 0.0697. The first-order valence-electron chi connectivity index (χ1n) is 5.81. The van der Waals surface area contributed by atoms with Crippen LogP contribution in [-0.4, -0.2) is 27.4 Å². The normalized spacial score (nSPS) is 10.4. The van der Waals surface area contributed by atoms with Crippen molar-refractivity contribution in [1.82, 2.24) is 9.78 Å². The van der Waals surface area contributed by atoms with Gasteiger partial charge in [0.2, 0.25) is 0 Å². The number of nitrogens with one attached hydrogen (secondary N) is 1. The topological polar surface area (TPSA) is 67.2 Å². The van der Waals surface area contributed by atoms with Crippen molar-refractivity contribution in [1.29, 1.82) is 0 Å². The van der Waals surface area contributed by atoms with E-state index in [0.29, 0.717) is 6.54 Å². The van der Waals surface area contributed by atoms with Crippen LogP contribution in [-0.2, 0) is 13.5 Å². The number of aromatic nitrogens is 2. The summed E-state index contributed by atoms with van der Waals surface area (Å²) in [5, 5.41) is 16.5. The van der Waals surface area contributed by atoms with Crippen LogP contribution in [0.15, 0.2) is 34.9 Å². The number of carbonyl (C=O) groups is 1.